The van der Waals surface area contributed by atoms with E-state index in [0.29, 0.717) is 31.6 Å². The maximum atomic E-state index is 12.1. The molecule has 3 fully saturated rings. The second kappa shape index (κ2) is 6.86. The molecule has 3 aliphatic heterocycles. The van der Waals surface area contributed by atoms with Crippen LogP contribution in [0.1, 0.15) is 39.0 Å². The van der Waals surface area contributed by atoms with Crippen molar-refractivity contribution in [2.24, 2.45) is 0 Å². The molecule has 0 aromatic heterocycles. The van der Waals surface area contributed by atoms with E-state index >= 15 is 0 Å². The van der Waals surface area contributed by atoms with Gasteiger partial charge in [-0.05, 0) is 32.2 Å². The largest absolute Gasteiger partial charge is 0.338 e. The van der Waals surface area contributed by atoms with Crippen molar-refractivity contribution in [2.45, 2.75) is 51.1 Å². The van der Waals surface area contributed by atoms with E-state index in [1.165, 1.54) is 4.90 Å². The molecular formula is C16H26N4O3. The molecule has 1 N–H and O–H groups in total. The second-order valence-corrected chi connectivity index (χ2v) is 6.60. The number of hydrogen-bond donors (Lipinski definition) is 1. The van der Waals surface area contributed by atoms with Crippen molar-refractivity contribution < 1.29 is 14.4 Å². The lowest BCUT2D eigenvalue weighted by molar-refractivity contribution is -0.132. The van der Waals surface area contributed by atoms with Crippen molar-refractivity contribution in [1.29, 1.82) is 0 Å². The number of amides is 4. The summed E-state index contributed by atoms with van der Waals surface area (Å²) < 4.78 is 0. The summed E-state index contributed by atoms with van der Waals surface area (Å²) >= 11 is 0. The molecule has 0 saturated carbocycles. The predicted molar refractivity (Wildman–Crippen MR) is 84.7 cm³/mol. The normalized spacial score (nSPS) is 28.7. The van der Waals surface area contributed by atoms with Crippen LogP contribution in [0.15, 0.2) is 0 Å². The number of carbonyl (C=O) groups is 3. The minimum absolute atomic E-state index is 0.115. The first kappa shape index (κ1) is 16.2. The smallest absolute Gasteiger partial charge is 0.324 e. The van der Waals surface area contributed by atoms with Gasteiger partial charge in [-0.2, -0.15) is 0 Å². The zero-order chi connectivity index (χ0) is 16.4. The molecule has 4 amide bonds. The number of rotatable bonds is 5. The van der Waals surface area contributed by atoms with Gasteiger partial charge in [-0.3, -0.25) is 19.4 Å². The third-order valence-electron chi connectivity index (χ3n) is 5.33. The molecule has 0 bridgehead atoms. The van der Waals surface area contributed by atoms with Gasteiger partial charge in [0.15, 0.2) is 0 Å². The van der Waals surface area contributed by atoms with E-state index in [4.69, 9.17) is 0 Å². The highest BCUT2D eigenvalue weighted by atomic mass is 16.2. The van der Waals surface area contributed by atoms with Crippen LogP contribution in [0.2, 0.25) is 0 Å². The Balaban J connectivity index is 1.60. The van der Waals surface area contributed by atoms with Gasteiger partial charge < -0.3 is 10.2 Å². The van der Waals surface area contributed by atoms with E-state index in [-0.39, 0.29) is 24.4 Å². The average Bonchev–Trinajstić information content (AvgIpc) is 3.25. The van der Waals surface area contributed by atoms with Crippen molar-refractivity contribution in [3.63, 3.8) is 0 Å². The lowest BCUT2D eigenvalue weighted by atomic mass is 10.0. The molecule has 0 aromatic rings. The molecule has 128 valence electrons. The van der Waals surface area contributed by atoms with Crippen molar-refractivity contribution in [1.82, 2.24) is 20.0 Å². The highest BCUT2D eigenvalue weighted by Crippen LogP contribution is 2.30. The van der Waals surface area contributed by atoms with Crippen molar-refractivity contribution in [3.05, 3.63) is 0 Å². The molecule has 7 nitrogen and oxygen atoms in total. The highest BCUT2D eigenvalue weighted by molar-refractivity contribution is 6.01. The number of likely N-dealkylation sites (tertiary alicyclic amines) is 2. The zero-order valence-corrected chi connectivity index (χ0v) is 13.8. The quantitative estimate of drug-likeness (QED) is 0.744. The van der Waals surface area contributed by atoms with Crippen LogP contribution >= 0.6 is 0 Å². The van der Waals surface area contributed by atoms with Gasteiger partial charge in [-0.15, -0.1) is 0 Å². The van der Waals surface area contributed by atoms with Gasteiger partial charge in [0.05, 0.1) is 6.54 Å². The molecule has 0 radical (unpaired) electrons. The van der Waals surface area contributed by atoms with E-state index in [2.05, 4.69) is 15.1 Å². The minimum atomic E-state index is -0.283. The standard InChI is InChI=1S/C16H26N4O3/c1-2-14(21)19-8-4-6-13(19)12-5-3-7-18(12)9-10-20-15(22)11-17-16(20)23/h12-13H,2-11H2,1H3,(H,17,23)/t12-,13-/m1/s1. The van der Waals surface area contributed by atoms with Crippen molar-refractivity contribution in [2.75, 3.05) is 32.7 Å². The second-order valence-electron chi connectivity index (χ2n) is 6.60. The number of nitrogens with zero attached hydrogens (tertiary/aromatic N) is 3. The third kappa shape index (κ3) is 3.20. The number of urea groups is 1. The van der Waals surface area contributed by atoms with Gasteiger partial charge in [-0.25, -0.2) is 4.79 Å². The Hall–Kier alpha value is -1.63. The molecular weight excluding hydrogens is 296 g/mol. The Kier molecular flexibility index (Phi) is 4.84. The number of imide groups is 1. The van der Waals surface area contributed by atoms with Crippen LogP contribution in [-0.2, 0) is 9.59 Å². The van der Waals surface area contributed by atoms with Crippen LogP contribution in [0.3, 0.4) is 0 Å². The van der Waals surface area contributed by atoms with Crippen molar-refractivity contribution >= 4 is 17.8 Å². The SMILES string of the molecule is CCC(=O)N1CCC[C@@H]1[C@H]1CCCN1CCN1C(=O)CNC1=O. The van der Waals surface area contributed by atoms with Crippen LogP contribution in [-0.4, -0.2) is 77.4 Å². The van der Waals surface area contributed by atoms with Crippen LogP contribution in [0.4, 0.5) is 4.79 Å². The number of hydrogen-bond acceptors (Lipinski definition) is 4. The predicted octanol–water partition coefficient (Wildman–Crippen LogP) is 0.404. The van der Waals surface area contributed by atoms with Gasteiger partial charge in [-0.1, -0.05) is 6.92 Å². The summed E-state index contributed by atoms with van der Waals surface area (Å²) in [5.41, 5.74) is 0. The van der Waals surface area contributed by atoms with Crippen LogP contribution in [0, 0.1) is 0 Å². The van der Waals surface area contributed by atoms with E-state index in [1.54, 1.807) is 0 Å². The fraction of sp³-hybridized carbons (Fsp3) is 0.812. The number of carbonyl (C=O) groups excluding carboxylic acids is 3. The first-order valence-electron chi connectivity index (χ1n) is 8.73. The summed E-state index contributed by atoms with van der Waals surface area (Å²) in [6, 6.07) is 0.385. The molecule has 23 heavy (non-hydrogen) atoms. The lowest BCUT2D eigenvalue weighted by Gasteiger charge is -2.35. The van der Waals surface area contributed by atoms with Crippen molar-refractivity contribution in [3.8, 4) is 0 Å². The summed E-state index contributed by atoms with van der Waals surface area (Å²) in [4.78, 5) is 41.2. The Bertz CT molecular complexity index is 480. The van der Waals surface area contributed by atoms with E-state index < -0.39 is 0 Å². The Morgan fingerprint density at radius 3 is 2.57 bits per heavy atom. The molecule has 3 rings (SSSR count). The Morgan fingerprint density at radius 1 is 1.13 bits per heavy atom. The molecule has 7 heteroatoms. The summed E-state index contributed by atoms with van der Waals surface area (Å²) in [6.07, 6.45) is 4.92. The summed E-state index contributed by atoms with van der Waals surface area (Å²) in [6.45, 7) is 5.03. The molecule has 3 heterocycles. The fourth-order valence-electron chi connectivity index (χ4n) is 4.18. The molecule has 0 spiro atoms. The number of nitrogens with one attached hydrogen (secondary N) is 1. The maximum absolute atomic E-state index is 12.1. The van der Waals surface area contributed by atoms with Crippen LogP contribution < -0.4 is 5.32 Å². The van der Waals surface area contributed by atoms with E-state index in [9.17, 15) is 14.4 Å². The van der Waals surface area contributed by atoms with Gasteiger partial charge in [0.25, 0.3) is 0 Å². The van der Waals surface area contributed by atoms with Gasteiger partial charge in [0, 0.05) is 38.1 Å². The molecule has 3 saturated heterocycles. The highest BCUT2D eigenvalue weighted by Gasteiger charge is 2.39. The summed E-state index contributed by atoms with van der Waals surface area (Å²) in [5.74, 6) is 0.0999. The van der Waals surface area contributed by atoms with Gasteiger partial charge in [0.1, 0.15) is 0 Å². The van der Waals surface area contributed by atoms with Crippen LogP contribution in [0.25, 0.3) is 0 Å². The molecule has 0 unspecified atom stereocenters. The van der Waals surface area contributed by atoms with Gasteiger partial charge >= 0.3 is 6.03 Å². The molecule has 0 aromatic carbocycles. The van der Waals surface area contributed by atoms with E-state index in [0.717, 1.165) is 38.8 Å². The van der Waals surface area contributed by atoms with Gasteiger partial charge in [0.2, 0.25) is 11.8 Å². The Labute approximate surface area is 137 Å². The fourth-order valence-corrected chi connectivity index (χ4v) is 4.18. The van der Waals surface area contributed by atoms with Crippen LogP contribution in [0.5, 0.6) is 0 Å². The first-order chi connectivity index (χ1) is 11.1. The topological polar surface area (TPSA) is 73.0 Å². The summed E-state index contributed by atoms with van der Waals surface area (Å²) in [5, 5.41) is 2.56. The summed E-state index contributed by atoms with van der Waals surface area (Å²) in [7, 11) is 0. The third-order valence-corrected chi connectivity index (χ3v) is 5.33. The molecule has 0 aliphatic carbocycles. The molecule has 2 atom stereocenters. The monoisotopic (exact) mass is 322 g/mol. The first-order valence-corrected chi connectivity index (χ1v) is 8.73. The zero-order valence-electron chi connectivity index (χ0n) is 13.8. The van der Waals surface area contributed by atoms with E-state index in [1.807, 2.05) is 6.92 Å². The Morgan fingerprint density at radius 2 is 1.87 bits per heavy atom. The molecule has 3 aliphatic rings. The lowest BCUT2D eigenvalue weighted by Crippen LogP contribution is -2.50. The maximum Gasteiger partial charge on any atom is 0.324 e. The minimum Gasteiger partial charge on any atom is -0.338 e. The average molecular weight is 322 g/mol.